The number of carbonyl (C=O) groups excluding carboxylic acids is 1. The zero-order valence-corrected chi connectivity index (χ0v) is 17.3. The fourth-order valence-electron chi connectivity index (χ4n) is 2.49. The fourth-order valence-corrected chi connectivity index (χ4v) is 2.72. The van der Waals surface area contributed by atoms with Gasteiger partial charge in [0.1, 0.15) is 34.6 Å². The van der Waals surface area contributed by atoms with Crippen molar-refractivity contribution < 1.29 is 23.7 Å². The third-order valence-electron chi connectivity index (χ3n) is 3.91. The molecule has 0 aliphatic carbocycles. The van der Waals surface area contributed by atoms with Crippen LogP contribution in [0.2, 0.25) is 5.02 Å². The monoisotopic (exact) mass is 416 g/mol. The molecule has 0 bridgehead atoms. The number of carbonyl (C=O) groups is 1. The van der Waals surface area contributed by atoms with Crippen molar-refractivity contribution in [3.63, 3.8) is 0 Å². The van der Waals surface area contributed by atoms with E-state index in [0.29, 0.717) is 45.9 Å². The van der Waals surface area contributed by atoms with E-state index in [1.807, 2.05) is 13.0 Å². The van der Waals surface area contributed by atoms with E-state index >= 15 is 0 Å². The van der Waals surface area contributed by atoms with Gasteiger partial charge in [-0.1, -0.05) is 11.6 Å². The number of benzene rings is 2. The minimum absolute atomic E-state index is 0.118. The van der Waals surface area contributed by atoms with E-state index in [-0.39, 0.29) is 5.57 Å². The Hall–Kier alpha value is -3.37. The van der Waals surface area contributed by atoms with Gasteiger partial charge in [-0.2, -0.15) is 5.26 Å². The van der Waals surface area contributed by atoms with Crippen LogP contribution < -0.4 is 24.3 Å². The highest BCUT2D eigenvalue weighted by Gasteiger charge is 2.16. The van der Waals surface area contributed by atoms with Crippen LogP contribution in [0.15, 0.2) is 35.9 Å². The maximum absolute atomic E-state index is 12.7. The van der Waals surface area contributed by atoms with Gasteiger partial charge < -0.3 is 24.3 Å². The molecule has 152 valence electrons. The summed E-state index contributed by atoms with van der Waals surface area (Å²) in [5.74, 6) is 1.18. The summed E-state index contributed by atoms with van der Waals surface area (Å²) in [6.45, 7) is 2.26. The molecule has 0 radical (unpaired) electrons. The summed E-state index contributed by atoms with van der Waals surface area (Å²) < 4.78 is 21.2. The molecule has 2 aromatic rings. The number of rotatable bonds is 8. The molecule has 0 atom stereocenters. The molecule has 0 fully saturated rings. The summed E-state index contributed by atoms with van der Waals surface area (Å²) in [4.78, 5) is 12.7. The van der Waals surface area contributed by atoms with Crippen LogP contribution in [0, 0.1) is 11.3 Å². The first-order chi connectivity index (χ1) is 14.0. The summed E-state index contributed by atoms with van der Waals surface area (Å²) in [6, 6.07) is 10.1. The van der Waals surface area contributed by atoms with Crippen molar-refractivity contribution in [2.75, 3.05) is 33.3 Å². The Morgan fingerprint density at radius 1 is 1.10 bits per heavy atom. The van der Waals surface area contributed by atoms with E-state index in [1.165, 1.54) is 32.4 Å². The van der Waals surface area contributed by atoms with Crippen LogP contribution in [0.5, 0.6) is 23.0 Å². The lowest BCUT2D eigenvalue weighted by Gasteiger charge is -2.13. The predicted molar refractivity (Wildman–Crippen MR) is 111 cm³/mol. The number of nitrogens with one attached hydrogen (secondary N) is 1. The topological polar surface area (TPSA) is 89.8 Å². The minimum atomic E-state index is -0.617. The van der Waals surface area contributed by atoms with Crippen LogP contribution in [0.1, 0.15) is 12.5 Å². The molecule has 7 nitrogen and oxygen atoms in total. The molecule has 0 saturated heterocycles. The number of amides is 1. The van der Waals surface area contributed by atoms with Gasteiger partial charge in [-0.15, -0.1) is 0 Å². The molecule has 1 amide bonds. The number of methoxy groups -OCH3 is 3. The molecule has 2 aromatic carbocycles. The van der Waals surface area contributed by atoms with Crippen molar-refractivity contribution in [2.45, 2.75) is 6.92 Å². The van der Waals surface area contributed by atoms with Gasteiger partial charge in [-0.05, 0) is 25.1 Å². The van der Waals surface area contributed by atoms with E-state index in [2.05, 4.69) is 5.32 Å². The van der Waals surface area contributed by atoms with E-state index in [4.69, 9.17) is 30.5 Å². The van der Waals surface area contributed by atoms with Gasteiger partial charge in [0.05, 0.1) is 38.6 Å². The molecular weight excluding hydrogens is 396 g/mol. The Balaban J connectivity index is 2.38. The number of nitrogens with zero attached hydrogens (tertiary/aromatic N) is 1. The lowest BCUT2D eigenvalue weighted by Crippen LogP contribution is -2.14. The van der Waals surface area contributed by atoms with Gasteiger partial charge in [-0.3, -0.25) is 4.79 Å². The SMILES string of the molecule is CCOc1cc(OC)ccc1/C=C(\C#N)C(=O)Nc1cc(OC)c(Cl)cc1OC. The molecule has 0 saturated carbocycles. The van der Waals surface area contributed by atoms with Crippen LogP contribution >= 0.6 is 11.6 Å². The molecule has 29 heavy (non-hydrogen) atoms. The Labute approximate surface area is 174 Å². The van der Waals surface area contributed by atoms with E-state index < -0.39 is 5.91 Å². The van der Waals surface area contributed by atoms with Crippen LogP contribution in [-0.4, -0.2) is 33.8 Å². The normalized spacial score (nSPS) is 10.7. The first kappa shape index (κ1) is 21.9. The summed E-state index contributed by atoms with van der Waals surface area (Å²) in [5, 5.41) is 12.5. The van der Waals surface area contributed by atoms with Crippen LogP contribution in [0.25, 0.3) is 6.08 Å². The number of ether oxygens (including phenoxy) is 4. The quantitative estimate of drug-likeness (QED) is 0.509. The highest BCUT2D eigenvalue weighted by molar-refractivity contribution is 6.32. The third-order valence-corrected chi connectivity index (χ3v) is 4.20. The van der Waals surface area contributed by atoms with Gasteiger partial charge in [0.2, 0.25) is 0 Å². The summed E-state index contributed by atoms with van der Waals surface area (Å²) >= 11 is 6.08. The van der Waals surface area contributed by atoms with Crippen molar-refractivity contribution >= 4 is 29.3 Å². The van der Waals surface area contributed by atoms with Gasteiger partial charge >= 0.3 is 0 Å². The van der Waals surface area contributed by atoms with Crippen molar-refractivity contribution in [1.29, 1.82) is 5.26 Å². The number of halogens is 1. The number of nitriles is 1. The molecule has 0 aliphatic rings. The van der Waals surface area contributed by atoms with Gasteiger partial charge in [0, 0.05) is 23.8 Å². The lowest BCUT2D eigenvalue weighted by atomic mass is 10.1. The fraction of sp³-hybridized carbons (Fsp3) is 0.238. The number of hydrogen-bond donors (Lipinski definition) is 1. The summed E-state index contributed by atoms with van der Waals surface area (Å²) in [6.07, 6.45) is 1.44. The molecule has 0 heterocycles. The Morgan fingerprint density at radius 3 is 2.41 bits per heavy atom. The zero-order chi connectivity index (χ0) is 21.4. The molecule has 1 N–H and O–H groups in total. The largest absolute Gasteiger partial charge is 0.497 e. The van der Waals surface area contributed by atoms with Crippen molar-refractivity contribution in [3.05, 3.63) is 46.5 Å². The maximum Gasteiger partial charge on any atom is 0.266 e. The molecule has 2 rings (SSSR count). The van der Waals surface area contributed by atoms with E-state index in [0.717, 1.165) is 0 Å². The molecule has 0 unspecified atom stereocenters. The highest BCUT2D eigenvalue weighted by atomic mass is 35.5. The van der Waals surface area contributed by atoms with E-state index in [1.54, 1.807) is 25.3 Å². The van der Waals surface area contributed by atoms with Crippen molar-refractivity contribution in [3.8, 4) is 29.1 Å². The first-order valence-electron chi connectivity index (χ1n) is 8.62. The first-order valence-corrected chi connectivity index (χ1v) is 9.00. The number of anilines is 1. The van der Waals surface area contributed by atoms with Crippen LogP contribution in [-0.2, 0) is 4.79 Å². The second kappa shape index (κ2) is 10.2. The van der Waals surface area contributed by atoms with Crippen LogP contribution in [0.3, 0.4) is 0 Å². The van der Waals surface area contributed by atoms with Crippen molar-refractivity contribution in [2.24, 2.45) is 0 Å². The molecule has 8 heteroatoms. The van der Waals surface area contributed by atoms with Crippen molar-refractivity contribution in [1.82, 2.24) is 0 Å². The summed E-state index contributed by atoms with van der Waals surface area (Å²) in [7, 11) is 4.45. The predicted octanol–water partition coefficient (Wildman–Crippen LogP) is 4.31. The standard InChI is InChI=1S/C21H21ClN2O5/c1-5-29-18-9-15(26-2)7-6-13(18)8-14(12-23)21(25)24-17-11-19(27-3)16(22)10-20(17)28-4/h6-11H,5H2,1-4H3,(H,24,25)/b14-8+. The molecule has 0 aliphatic heterocycles. The number of hydrogen-bond acceptors (Lipinski definition) is 6. The average Bonchev–Trinajstić information content (AvgIpc) is 2.73. The van der Waals surface area contributed by atoms with Gasteiger partial charge in [0.15, 0.2) is 0 Å². The smallest absolute Gasteiger partial charge is 0.266 e. The zero-order valence-electron chi connectivity index (χ0n) is 16.5. The second-order valence-corrected chi connectivity index (χ2v) is 6.05. The second-order valence-electron chi connectivity index (χ2n) is 5.65. The molecular formula is C21H21ClN2O5. The minimum Gasteiger partial charge on any atom is -0.497 e. The van der Waals surface area contributed by atoms with Gasteiger partial charge in [0.25, 0.3) is 5.91 Å². The molecule has 0 aromatic heterocycles. The Morgan fingerprint density at radius 2 is 1.83 bits per heavy atom. The van der Waals surface area contributed by atoms with Gasteiger partial charge in [-0.25, -0.2) is 0 Å². The Bertz CT molecular complexity index is 966. The Kier molecular flexibility index (Phi) is 7.75. The van der Waals surface area contributed by atoms with Crippen LogP contribution in [0.4, 0.5) is 5.69 Å². The third kappa shape index (κ3) is 5.33. The highest BCUT2D eigenvalue weighted by Crippen LogP contribution is 2.36. The lowest BCUT2D eigenvalue weighted by molar-refractivity contribution is -0.112. The maximum atomic E-state index is 12.7. The summed E-state index contributed by atoms with van der Waals surface area (Å²) in [5.41, 5.74) is 0.770. The average molecular weight is 417 g/mol. The molecule has 0 spiro atoms. The van der Waals surface area contributed by atoms with E-state index in [9.17, 15) is 10.1 Å².